The third kappa shape index (κ3) is 4.52. The Morgan fingerprint density at radius 2 is 0.560 bits per heavy atom. The van der Waals surface area contributed by atoms with E-state index < -0.39 is 0 Å². The van der Waals surface area contributed by atoms with Crippen LogP contribution in [0, 0.1) is 0 Å². The van der Waals surface area contributed by atoms with Crippen molar-refractivity contribution in [3.63, 3.8) is 0 Å². The van der Waals surface area contributed by atoms with Crippen LogP contribution in [0.5, 0.6) is 0 Å². The molecule has 0 saturated heterocycles. The van der Waals surface area contributed by atoms with Crippen LogP contribution in [0.3, 0.4) is 0 Å². The van der Waals surface area contributed by atoms with Crippen molar-refractivity contribution in [2.45, 2.75) is 127 Å². The first-order valence-corrected chi connectivity index (χ1v) is 21.8. The first-order valence-electron chi connectivity index (χ1n) is 11.4. The van der Waals surface area contributed by atoms with E-state index in [1.165, 1.54) is 103 Å². The van der Waals surface area contributed by atoms with Gasteiger partial charge in [0, 0.05) is 0 Å². The molecule has 4 aliphatic rings. The molecule has 0 aromatic heterocycles. The van der Waals surface area contributed by atoms with Crippen molar-refractivity contribution in [2.24, 2.45) is 0 Å². The van der Waals surface area contributed by atoms with E-state index >= 15 is 0 Å². The SMILES string of the molecule is C1CCC([O][Rf]([O]C2CCCC2)([O]C2CCCC2)[O]C2CCCC2)C1. The molecule has 4 saturated carbocycles. The van der Waals surface area contributed by atoms with Gasteiger partial charge < -0.3 is 0 Å². The normalized spacial score (nSPS) is 27.8. The second kappa shape index (κ2) is 8.03. The molecule has 4 nitrogen and oxygen atoms in total. The van der Waals surface area contributed by atoms with Crippen molar-refractivity contribution in [3.05, 3.63) is 0 Å². The first kappa shape index (κ1) is 17.3. The molecule has 4 rings (SSSR count). The second-order valence-electron chi connectivity index (χ2n) is 9.00. The zero-order valence-corrected chi connectivity index (χ0v) is 22.4. The molecule has 25 heavy (non-hydrogen) atoms. The van der Waals surface area contributed by atoms with Gasteiger partial charge in [0.2, 0.25) is 0 Å². The van der Waals surface area contributed by atoms with Gasteiger partial charge >= 0.3 is 148 Å². The summed E-state index contributed by atoms with van der Waals surface area (Å²) >= 11 is 0. The van der Waals surface area contributed by atoms with E-state index in [9.17, 15) is 0 Å². The summed E-state index contributed by atoms with van der Waals surface area (Å²) in [5, 5.41) is 27.0. The number of hydrogen-bond donors (Lipinski definition) is 0. The van der Waals surface area contributed by atoms with Crippen molar-refractivity contribution in [1.82, 2.24) is 0 Å². The van der Waals surface area contributed by atoms with E-state index in [1.54, 1.807) is 0 Å². The van der Waals surface area contributed by atoms with E-state index in [0.29, 0.717) is 24.4 Å². The fraction of sp³-hybridized carbons (Fsp3) is 1.00. The molecule has 0 N–H and O–H groups in total. The molecule has 0 atom stereocenters. The minimum atomic E-state index is -4.37. The maximum absolute atomic E-state index is 6.76. The average Bonchev–Trinajstić information content (AvgIpc) is 3.37. The van der Waals surface area contributed by atoms with Gasteiger partial charge in [0.1, 0.15) is 0 Å². The van der Waals surface area contributed by atoms with Gasteiger partial charge in [0.25, 0.3) is 0 Å². The zero-order chi connectivity index (χ0) is 17.0. The molecule has 0 aromatic rings. The standard InChI is InChI=1S/4C5H9O.Rf/c4*6-5-3-1-2-4-5;/h4*5H,1-4H2;/q4*-1;+4. The van der Waals surface area contributed by atoms with Crippen LogP contribution < -0.4 is 0 Å². The number of rotatable bonds is 8. The van der Waals surface area contributed by atoms with E-state index in [4.69, 9.17) is 20.4 Å². The molecule has 4 aliphatic carbocycles. The topological polar surface area (TPSA) is 36.9 Å². The van der Waals surface area contributed by atoms with Crippen LogP contribution in [0.15, 0.2) is 0 Å². The van der Waals surface area contributed by atoms with Crippen LogP contribution in [0.2, 0.25) is 0 Å². The van der Waals surface area contributed by atoms with Gasteiger partial charge in [-0.2, -0.15) is 0 Å². The summed E-state index contributed by atoms with van der Waals surface area (Å²) in [5.74, 6) is 0. The van der Waals surface area contributed by atoms with Gasteiger partial charge in [-0.1, -0.05) is 0 Å². The molecule has 0 aliphatic heterocycles. The van der Waals surface area contributed by atoms with E-state index in [1.807, 2.05) is 0 Å². The third-order valence-corrected chi connectivity index (χ3v) is 22.9. The Bertz CT molecular complexity index is 317. The summed E-state index contributed by atoms with van der Waals surface area (Å²) in [5.41, 5.74) is 0. The predicted octanol–water partition coefficient (Wildman–Crippen LogP) is 5.64. The van der Waals surface area contributed by atoms with E-state index in [2.05, 4.69) is 0 Å². The van der Waals surface area contributed by atoms with Crippen molar-refractivity contribution in [3.8, 4) is 0 Å². The molecule has 0 bridgehead atoms. The minimum absolute atomic E-state index is 0.333. The summed E-state index contributed by atoms with van der Waals surface area (Å²) in [4.78, 5) is 0. The van der Waals surface area contributed by atoms with Crippen LogP contribution in [0.25, 0.3) is 0 Å². The quantitative estimate of drug-likeness (QED) is 0.358. The summed E-state index contributed by atoms with van der Waals surface area (Å²) in [6.07, 6.45) is 21.0. The van der Waals surface area contributed by atoms with Crippen LogP contribution in [0.1, 0.15) is 103 Å². The van der Waals surface area contributed by atoms with Crippen molar-refractivity contribution >= 4 is 0 Å². The molecule has 0 radical (unpaired) electrons. The molecule has 142 valence electrons. The van der Waals surface area contributed by atoms with Gasteiger partial charge in [-0.25, -0.2) is 0 Å². The summed E-state index contributed by atoms with van der Waals surface area (Å²) in [7, 11) is 0. The summed E-state index contributed by atoms with van der Waals surface area (Å²) in [6.45, 7) is 0. The number of hydrogen-bond acceptors (Lipinski definition) is 4. The molecule has 0 unspecified atom stereocenters. The van der Waals surface area contributed by atoms with Gasteiger partial charge in [-0.3, -0.25) is 0 Å². The van der Waals surface area contributed by atoms with Crippen LogP contribution in [-0.4, -0.2) is 24.4 Å². The molecule has 0 heterocycles. The fourth-order valence-corrected chi connectivity index (χ4v) is 24.2. The third-order valence-electron chi connectivity index (χ3n) is 6.97. The predicted molar refractivity (Wildman–Crippen MR) is 93.4 cm³/mol. The van der Waals surface area contributed by atoms with Gasteiger partial charge in [-0.05, 0) is 0 Å². The molecule has 0 aromatic carbocycles. The monoisotopic (exact) mass is 607 g/mol. The Kier molecular flexibility index (Phi) is 5.54. The molecule has 0 amide bonds. The molecule has 5 heteroatoms. The average molecular weight is 608 g/mol. The molecule has 4 fully saturated rings. The van der Waals surface area contributed by atoms with Crippen molar-refractivity contribution < 1.29 is 20.4 Å². The van der Waals surface area contributed by atoms with Gasteiger partial charge in [-0.15, -0.1) is 0 Å². The van der Waals surface area contributed by atoms with Gasteiger partial charge in [0.05, 0.1) is 0 Å². The van der Waals surface area contributed by atoms with E-state index in [0.717, 1.165) is 0 Å². The Morgan fingerprint density at radius 1 is 0.360 bits per heavy atom. The molecule has 0 spiro atoms. The first-order chi connectivity index (χ1) is 12.3. The Hall–Kier alpha value is -1.16. The van der Waals surface area contributed by atoms with Crippen LogP contribution in [-0.2, 0) is 20.4 Å². The molecular weight excluding hydrogens is 571 g/mol. The fourth-order valence-electron chi connectivity index (χ4n) is 5.61. The Balaban J connectivity index is 1.50. The second-order valence-corrected chi connectivity index (χ2v) is 21.4. The van der Waals surface area contributed by atoms with E-state index in [-0.39, 0.29) is 0 Å². The molecular formula is C20H36O4Rf. The Labute approximate surface area is 148 Å². The Morgan fingerprint density at radius 3 is 0.760 bits per heavy atom. The van der Waals surface area contributed by atoms with Crippen molar-refractivity contribution in [1.29, 1.82) is 0 Å². The zero-order valence-electron chi connectivity index (χ0n) is 16.0. The maximum atomic E-state index is 6.76. The van der Waals surface area contributed by atoms with Gasteiger partial charge in [0.15, 0.2) is 0 Å². The van der Waals surface area contributed by atoms with Crippen molar-refractivity contribution in [2.75, 3.05) is 0 Å². The summed E-state index contributed by atoms with van der Waals surface area (Å²) < 4.78 is -4.37. The van der Waals surface area contributed by atoms with Crippen LogP contribution in [0.4, 0.5) is 0 Å². The summed E-state index contributed by atoms with van der Waals surface area (Å²) in [6, 6.07) is 0. The van der Waals surface area contributed by atoms with Crippen LogP contribution >= 0.6 is 0 Å².